The lowest BCUT2D eigenvalue weighted by atomic mass is 9.77. The van der Waals surface area contributed by atoms with Crippen molar-refractivity contribution in [3.63, 3.8) is 0 Å². The second-order valence-corrected chi connectivity index (χ2v) is 4.17. The number of fused-ring (bicyclic) bond motifs is 2. The van der Waals surface area contributed by atoms with E-state index in [0.29, 0.717) is 0 Å². The van der Waals surface area contributed by atoms with Crippen molar-refractivity contribution < 1.29 is 25.2 Å². The minimum absolute atomic E-state index is 0.256. The van der Waals surface area contributed by atoms with Crippen LogP contribution in [0.1, 0.15) is 6.42 Å². The van der Waals surface area contributed by atoms with Crippen LogP contribution in [0.4, 0.5) is 0 Å². The molecular formula is C8H13NO5. The minimum atomic E-state index is -1.82. The zero-order chi connectivity index (χ0) is 10.7. The molecule has 2 fully saturated rings. The standard InChI is InChI=1S/C8H13NO5/c9-8(7(13)14)3-1-2(6(8)12)4(10)5(3)11/h2-6,10-12H,1,9H2,(H,13,14)/t2-,3+,4+,5+,6+,8-/m1/s1. The molecule has 14 heavy (non-hydrogen) atoms. The van der Waals surface area contributed by atoms with Gasteiger partial charge in [0, 0.05) is 11.8 Å². The van der Waals surface area contributed by atoms with Gasteiger partial charge < -0.3 is 26.2 Å². The smallest absolute Gasteiger partial charge is 0.326 e. The van der Waals surface area contributed by atoms with Crippen LogP contribution < -0.4 is 5.73 Å². The van der Waals surface area contributed by atoms with Gasteiger partial charge in [-0.3, -0.25) is 4.79 Å². The van der Waals surface area contributed by atoms with Crippen molar-refractivity contribution in [3.8, 4) is 0 Å². The van der Waals surface area contributed by atoms with Crippen LogP contribution in [0.2, 0.25) is 0 Å². The van der Waals surface area contributed by atoms with Crippen molar-refractivity contribution in [2.75, 3.05) is 0 Å². The molecule has 0 saturated heterocycles. The van der Waals surface area contributed by atoms with Gasteiger partial charge in [0.1, 0.15) is 5.54 Å². The van der Waals surface area contributed by atoms with E-state index in [1.807, 2.05) is 0 Å². The normalized spacial score (nSPS) is 56.4. The van der Waals surface area contributed by atoms with Gasteiger partial charge in [0.15, 0.2) is 0 Å². The third-order valence-corrected chi connectivity index (χ3v) is 3.61. The number of aliphatic carboxylic acids is 1. The Kier molecular flexibility index (Phi) is 1.87. The summed E-state index contributed by atoms with van der Waals surface area (Å²) in [5, 5.41) is 37.4. The van der Waals surface area contributed by atoms with E-state index in [-0.39, 0.29) is 6.42 Å². The van der Waals surface area contributed by atoms with Gasteiger partial charge in [-0.15, -0.1) is 0 Å². The van der Waals surface area contributed by atoms with Crippen molar-refractivity contribution in [2.24, 2.45) is 17.6 Å². The topological polar surface area (TPSA) is 124 Å². The molecule has 2 bridgehead atoms. The van der Waals surface area contributed by atoms with E-state index in [9.17, 15) is 20.1 Å². The molecule has 80 valence electrons. The van der Waals surface area contributed by atoms with E-state index in [2.05, 4.69) is 0 Å². The van der Waals surface area contributed by atoms with Crippen molar-refractivity contribution in [1.82, 2.24) is 0 Å². The number of carboxylic acids is 1. The molecule has 0 unspecified atom stereocenters. The molecule has 2 aliphatic rings. The van der Waals surface area contributed by atoms with Gasteiger partial charge in [-0.05, 0) is 6.42 Å². The lowest BCUT2D eigenvalue weighted by molar-refractivity contribution is -0.160. The summed E-state index contributed by atoms with van der Waals surface area (Å²) in [4.78, 5) is 10.9. The van der Waals surface area contributed by atoms with Crippen LogP contribution in [0.15, 0.2) is 0 Å². The first-order valence-corrected chi connectivity index (χ1v) is 4.47. The zero-order valence-electron chi connectivity index (χ0n) is 7.37. The molecule has 2 aliphatic carbocycles. The fraction of sp³-hybridized carbons (Fsp3) is 0.875. The summed E-state index contributed by atoms with van der Waals surface area (Å²) >= 11 is 0. The Morgan fingerprint density at radius 3 is 2.29 bits per heavy atom. The second kappa shape index (κ2) is 2.66. The molecule has 6 atom stereocenters. The lowest BCUT2D eigenvalue weighted by Crippen LogP contribution is -2.66. The first-order valence-electron chi connectivity index (χ1n) is 4.47. The fourth-order valence-electron chi connectivity index (χ4n) is 2.72. The predicted octanol–water partition coefficient (Wildman–Crippen LogP) is -2.50. The highest BCUT2D eigenvalue weighted by atomic mass is 16.4. The lowest BCUT2D eigenvalue weighted by Gasteiger charge is -2.38. The van der Waals surface area contributed by atoms with Crippen molar-refractivity contribution in [1.29, 1.82) is 0 Å². The summed E-state index contributed by atoms with van der Waals surface area (Å²) in [6.45, 7) is 0. The minimum Gasteiger partial charge on any atom is -0.480 e. The monoisotopic (exact) mass is 203 g/mol. The van der Waals surface area contributed by atoms with E-state index in [4.69, 9.17) is 10.8 Å². The highest BCUT2D eigenvalue weighted by Crippen LogP contribution is 2.49. The SMILES string of the molecule is N[C@@]1(C(=O)O)[C@@H](O)[C@@H]2C[C@H]1[C@H](O)[C@H]2O. The number of rotatable bonds is 1. The molecule has 0 heterocycles. The molecule has 6 nitrogen and oxygen atoms in total. The predicted molar refractivity (Wildman–Crippen MR) is 44.2 cm³/mol. The quantitative estimate of drug-likeness (QED) is 0.321. The number of aliphatic hydroxyl groups excluding tert-OH is 3. The molecular weight excluding hydrogens is 190 g/mol. The summed E-state index contributed by atoms with van der Waals surface area (Å²) in [5.41, 5.74) is 3.75. The number of hydrogen-bond acceptors (Lipinski definition) is 5. The highest BCUT2D eigenvalue weighted by Gasteiger charge is 2.67. The molecule has 0 aromatic carbocycles. The largest absolute Gasteiger partial charge is 0.480 e. The number of nitrogens with two attached hydrogens (primary N) is 1. The van der Waals surface area contributed by atoms with Gasteiger partial charge in [0.2, 0.25) is 0 Å². The van der Waals surface area contributed by atoms with E-state index in [1.54, 1.807) is 0 Å². The van der Waals surface area contributed by atoms with E-state index < -0.39 is 41.7 Å². The summed E-state index contributed by atoms with van der Waals surface area (Å²) < 4.78 is 0. The average Bonchev–Trinajstić information content (AvgIpc) is 2.54. The summed E-state index contributed by atoms with van der Waals surface area (Å²) in [6.07, 6.45) is -3.24. The van der Waals surface area contributed by atoms with Gasteiger partial charge in [-0.1, -0.05) is 0 Å². The van der Waals surface area contributed by atoms with Crippen molar-refractivity contribution >= 4 is 5.97 Å². The first kappa shape index (κ1) is 9.85. The number of carboxylic acid groups (broad SMARTS) is 1. The van der Waals surface area contributed by atoms with Gasteiger partial charge >= 0.3 is 5.97 Å². The van der Waals surface area contributed by atoms with E-state index >= 15 is 0 Å². The van der Waals surface area contributed by atoms with Gasteiger partial charge in [-0.25, -0.2) is 0 Å². The molecule has 0 radical (unpaired) electrons. The van der Waals surface area contributed by atoms with Gasteiger partial charge in [0.25, 0.3) is 0 Å². The number of aliphatic hydroxyl groups is 3. The molecule has 0 aliphatic heterocycles. The Balaban J connectivity index is 2.37. The molecule has 6 N–H and O–H groups in total. The Morgan fingerprint density at radius 2 is 1.86 bits per heavy atom. The molecule has 0 aromatic rings. The van der Waals surface area contributed by atoms with Crippen LogP contribution in [-0.4, -0.2) is 50.2 Å². The Hall–Kier alpha value is -0.690. The van der Waals surface area contributed by atoms with Crippen molar-refractivity contribution in [3.05, 3.63) is 0 Å². The van der Waals surface area contributed by atoms with Crippen molar-refractivity contribution in [2.45, 2.75) is 30.3 Å². The fourth-order valence-corrected chi connectivity index (χ4v) is 2.72. The summed E-state index contributed by atoms with van der Waals surface area (Å²) in [6, 6.07) is 0. The Labute approximate surface area is 80.0 Å². The maximum atomic E-state index is 10.9. The van der Waals surface area contributed by atoms with Crippen LogP contribution in [0.3, 0.4) is 0 Å². The van der Waals surface area contributed by atoms with Crippen LogP contribution in [0.5, 0.6) is 0 Å². The third kappa shape index (κ3) is 0.864. The molecule has 6 heteroatoms. The first-order chi connectivity index (χ1) is 6.40. The molecule has 0 aromatic heterocycles. The maximum absolute atomic E-state index is 10.9. The van der Waals surface area contributed by atoms with E-state index in [0.717, 1.165) is 0 Å². The number of carbonyl (C=O) groups is 1. The van der Waals surface area contributed by atoms with E-state index in [1.165, 1.54) is 0 Å². The Bertz CT molecular complexity index is 283. The molecule has 2 saturated carbocycles. The molecule has 0 amide bonds. The molecule has 0 spiro atoms. The third-order valence-electron chi connectivity index (χ3n) is 3.61. The maximum Gasteiger partial charge on any atom is 0.326 e. The molecule has 2 rings (SSSR count). The Morgan fingerprint density at radius 1 is 1.29 bits per heavy atom. The summed E-state index contributed by atoms with van der Waals surface area (Å²) in [5.74, 6) is -2.73. The number of hydrogen-bond donors (Lipinski definition) is 5. The zero-order valence-corrected chi connectivity index (χ0v) is 7.37. The van der Waals surface area contributed by atoms with Gasteiger partial charge in [-0.2, -0.15) is 0 Å². The van der Waals surface area contributed by atoms with Crippen LogP contribution >= 0.6 is 0 Å². The second-order valence-electron chi connectivity index (χ2n) is 4.17. The van der Waals surface area contributed by atoms with Crippen LogP contribution in [0.25, 0.3) is 0 Å². The average molecular weight is 203 g/mol. The highest BCUT2D eigenvalue weighted by molar-refractivity contribution is 5.81. The van der Waals surface area contributed by atoms with Gasteiger partial charge in [0.05, 0.1) is 18.3 Å². The van der Waals surface area contributed by atoms with Crippen LogP contribution in [0, 0.1) is 11.8 Å². The summed E-state index contributed by atoms with van der Waals surface area (Å²) in [7, 11) is 0. The van der Waals surface area contributed by atoms with Crippen LogP contribution in [-0.2, 0) is 4.79 Å².